The van der Waals surface area contributed by atoms with Gasteiger partial charge in [-0.05, 0) is 0 Å². The van der Waals surface area contributed by atoms with Crippen molar-refractivity contribution < 1.29 is 0 Å². The average molecular weight is 318 g/mol. The van der Waals surface area contributed by atoms with Crippen LogP contribution < -0.4 is 0 Å². The van der Waals surface area contributed by atoms with E-state index in [9.17, 15) is 0 Å². The molecule has 0 aromatic heterocycles. The third kappa shape index (κ3) is 3.47. The Morgan fingerprint density at radius 3 is 1.47 bits per heavy atom. The van der Waals surface area contributed by atoms with Crippen molar-refractivity contribution in [2.45, 2.75) is 48.4 Å². The molecule has 0 aliphatic carbocycles. The second-order valence-corrected chi connectivity index (χ2v) is 15.0. The van der Waals surface area contributed by atoms with E-state index in [-0.39, 0.29) is 0 Å². The summed E-state index contributed by atoms with van der Waals surface area (Å²) in [5.41, 5.74) is 0. The zero-order valence-electron chi connectivity index (χ0n) is 10.8. The Bertz CT molecular complexity index is 286. The van der Waals surface area contributed by atoms with Gasteiger partial charge < -0.3 is 0 Å². The Morgan fingerprint density at radius 2 is 1.13 bits per heavy atom. The molecule has 0 unspecified atom stereocenters. The Balaban J connectivity index is 3.15. The third-order valence-corrected chi connectivity index (χ3v) is 10.5. The van der Waals surface area contributed by atoms with E-state index >= 15 is 0 Å². The van der Waals surface area contributed by atoms with Gasteiger partial charge in [0.25, 0.3) is 0 Å². The number of hydrogen-bond donors (Lipinski definition) is 0. The van der Waals surface area contributed by atoms with E-state index in [0.29, 0.717) is 6.84 Å². The van der Waals surface area contributed by atoms with Crippen LogP contribution in [0, 0.1) is 3.57 Å². The molecule has 0 atom stereocenters. The fraction of sp³-hybridized carbons (Fsp3) is 0.571. The molecular formula is C14H23I. The fourth-order valence-electron chi connectivity index (χ4n) is 2.05. The van der Waals surface area contributed by atoms with Crippen molar-refractivity contribution in [2.75, 3.05) is 0 Å². The topological polar surface area (TPSA) is 0 Å². The van der Waals surface area contributed by atoms with Gasteiger partial charge in [-0.1, -0.05) is 0 Å². The first-order chi connectivity index (χ1) is 6.73. The first kappa shape index (κ1) is 13.0. The van der Waals surface area contributed by atoms with Gasteiger partial charge in [0.1, 0.15) is 0 Å². The molecule has 86 valence electrons. The Morgan fingerprint density at radius 1 is 0.733 bits per heavy atom. The monoisotopic (exact) mass is 318 g/mol. The summed E-state index contributed by atoms with van der Waals surface area (Å²) in [4.78, 5) is 0. The summed E-state index contributed by atoms with van der Waals surface area (Å²) in [5.74, 6) is 0. The molecule has 0 saturated carbocycles. The fourth-order valence-corrected chi connectivity index (χ4v) is 11.8. The summed E-state index contributed by atoms with van der Waals surface area (Å²) in [6, 6.07) is 11.1. The van der Waals surface area contributed by atoms with Gasteiger partial charge in [-0.15, -0.1) is 0 Å². The van der Waals surface area contributed by atoms with Gasteiger partial charge in [-0.3, -0.25) is 0 Å². The molecule has 0 bridgehead atoms. The number of benzene rings is 1. The molecule has 15 heavy (non-hydrogen) atoms. The zero-order valence-corrected chi connectivity index (χ0v) is 12.9. The third-order valence-electron chi connectivity index (χ3n) is 2.09. The van der Waals surface area contributed by atoms with Crippen LogP contribution in [0.2, 0.25) is 0 Å². The number of rotatable bonds is 1. The Kier molecular flexibility index (Phi) is 3.85. The van der Waals surface area contributed by atoms with Crippen molar-refractivity contribution in [2.24, 2.45) is 0 Å². The average Bonchev–Trinajstić information content (AvgIpc) is 2.00. The predicted molar refractivity (Wildman–Crippen MR) is 78.7 cm³/mol. The molecule has 0 aliphatic heterocycles. The van der Waals surface area contributed by atoms with Crippen LogP contribution in [-0.2, 0) is 0 Å². The summed E-state index contributed by atoms with van der Waals surface area (Å²) in [6.45, 7) is 14.4. The maximum atomic E-state index is 2.40. The zero-order chi connectivity index (χ0) is 11.7. The van der Waals surface area contributed by atoms with Crippen LogP contribution in [0.3, 0.4) is 0 Å². The van der Waals surface area contributed by atoms with Crippen LogP contribution in [0.15, 0.2) is 30.3 Å². The van der Waals surface area contributed by atoms with Crippen LogP contribution in [-0.4, -0.2) is 6.84 Å². The van der Waals surface area contributed by atoms with Gasteiger partial charge >= 0.3 is 102 Å². The Hall–Kier alpha value is -0.0500. The van der Waals surface area contributed by atoms with Gasteiger partial charge in [0.05, 0.1) is 0 Å². The predicted octanol–water partition coefficient (Wildman–Crippen LogP) is 4.96. The Labute approximate surface area is 102 Å². The minimum absolute atomic E-state index is 0.462. The van der Waals surface area contributed by atoms with Crippen LogP contribution in [0.4, 0.5) is 0 Å². The first-order valence-corrected chi connectivity index (χ1v) is 8.71. The molecule has 1 aromatic rings. The van der Waals surface area contributed by atoms with Gasteiger partial charge in [-0.2, -0.15) is 0 Å². The van der Waals surface area contributed by atoms with Crippen molar-refractivity contribution in [3.05, 3.63) is 33.9 Å². The summed E-state index contributed by atoms with van der Waals surface area (Å²) in [5, 5.41) is 0. The number of hydrogen-bond acceptors (Lipinski definition) is 0. The molecule has 1 aromatic carbocycles. The van der Waals surface area contributed by atoms with Gasteiger partial charge in [-0.25, -0.2) is 0 Å². The summed E-state index contributed by atoms with van der Waals surface area (Å²) in [7, 11) is 0. The number of alkyl halides is 2. The van der Waals surface area contributed by atoms with E-state index in [0.717, 1.165) is 0 Å². The van der Waals surface area contributed by atoms with E-state index < -0.39 is 19.8 Å². The van der Waals surface area contributed by atoms with Crippen LogP contribution in [0.5, 0.6) is 0 Å². The molecule has 0 radical (unpaired) electrons. The quantitative estimate of drug-likeness (QED) is 0.507. The SMILES string of the molecule is CC(C)(C)I(c1ccccc1)C(C)(C)C. The van der Waals surface area contributed by atoms with Crippen molar-refractivity contribution in [3.63, 3.8) is 0 Å². The van der Waals surface area contributed by atoms with Crippen molar-refractivity contribution >= 4 is 19.8 Å². The second-order valence-electron chi connectivity index (χ2n) is 5.71. The van der Waals surface area contributed by atoms with Crippen LogP contribution >= 0.6 is 19.8 Å². The van der Waals surface area contributed by atoms with Gasteiger partial charge in [0.2, 0.25) is 0 Å². The normalized spacial score (nSPS) is 13.9. The van der Waals surface area contributed by atoms with E-state index in [1.54, 1.807) is 3.57 Å². The van der Waals surface area contributed by atoms with Crippen molar-refractivity contribution in [1.29, 1.82) is 0 Å². The molecular weight excluding hydrogens is 295 g/mol. The summed E-state index contributed by atoms with van der Waals surface area (Å²) < 4.78 is 2.54. The summed E-state index contributed by atoms with van der Waals surface area (Å²) in [6.07, 6.45) is 0. The van der Waals surface area contributed by atoms with E-state index in [2.05, 4.69) is 71.9 Å². The first-order valence-electron chi connectivity index (χ1n) is 5.48. The second kappa shape index (κ2) is 4.44. The summed E-state index contributed by atoms with van der Waals surface area (Å²) >= 11 is -1.17. The standard InChI is InChI=1S/C14H23I/c1-13(2,3)15(14(4,5)6)12-10-8-7-9-11-12/h7-11H,1-6H3. The molecule has 0 saturated heterocycles. The molecule has 1 rings (SSSR count). The van der Waals surface area contributed by atoms with E-state index in [4.69, 9.17) is 0 Å². The molecule has 0 amide bonds. The van der Waals surface area contributed by atoms with Crippen LogP contribution in [0.25, 0.3) is 0 Å². The van der Waals surface area contributed by atoms with Gasteiger partial charge in [0.15, 0.2) is 0 Å². The molecule has 0 spiro atoms. The number of halogens is 1. The molecule has 0 aliphatic rings. The molecule has 0 nitrogen and oxygen atoms in total. The van der Waals surface area contributed by atoms with Gasteiger partial charge in [0, 0.05) is 0 Å². The maximum absolute atomic E-state index is 2.40. The van der Waals surface area contributed by atoms with E-state index in [1.807, 2.05) is 0 Å². The van der Waals surface area contributed by atoms with Crippen molar-refractivity contribution in [1.82, 2.24) is 0 Å². The minimum atomic E-state index is -1.17. The van der Waals surface area contributed by atoms with Crippen LogP contribution in [0.1, 0.15) is 41.5 Å². The molecule has 0 N–H and O–H groups in total. The molecule has 1 heteroatoms. The molecule has 0 heterocycles. The van der Waals surface area contributed by atoms with Crippen molar-refractivity contribution in [3.8, 4) is 0 Å². The molecule has 0 fully saturated rings. The van der Waals surface area contributed by atoms with E-state index in [1.165, 1.54) is 0 Å².